The second-order valence-electron chi connectivity index (χ2n) is 5.89. The van der Waals surface area contributed by atoms with E-state index in [9.17, 15) is 9.59 Å². The highest BCUT2D eigenvalue weighted by molar-refractivity contribution is 5.99. The Hall–Kier alpha value is -1.59. The lowest BCUT2D eigenvalue weighted by Crippen LogP contribution is -2.33. The van der Waals surface area contributed by atoms with Crippen LogP contribution in [0.4, 0.5) is 0 Å². The zero-order chi connectivity index (χ0) is 17.2. The zero-order valence-electron chi connectivity index (χ0n) is 14.9. The molecule has 0 saturated heterocycles. The molecule has 1 rings (SSSR count). The normalized spacial score (nSPS) is 11.3. The van der Waals surface area contributed by atoms with Gasteiger partial charge < -0.3 is 16.0 Å². The van der Waals surface area contributed by atoms with Crippen molar-refractivity contribution in [3.63, 3.8) is 0 Å². The fourth-order valence-electron chi connectivity index (χ4n) is 2.35. The molecule has 0 spiro atoms. The minimum atomic E-state index is -0.169. The summed E-state index contributed by atoms with van der Waals surface area (Å²) in [5, 5.41) is 2.83. The smallest absolute Gasteiger partial charge is 0.253 e. The summed E-state index contributed by atoms with van der Waals surface area (Å²) in [6.45, 7) is 8.01. The Bertz CT molecular complexity index is 515. The van der Waals surface area contributed by atoms with Gasteiger partial charge in [0.2, 0.25) is 0 Å². The Morgan fingerprint density at radius 2 is 1.75 bits per heavy atom. The molecule has 0 aliphatic rings. The van der Waals surface area contributed by atoms with Crippen molar-refractivity contribution in [2.75, 3.05) is 19.6 Å². The minimum absolute atomic E-state index is 0. The zero-order valence-corrected chi connectivity index (χ0v) is 15.7. The standard InChI is InChI=1S/C18H29N3O2.ClH/c1-4-11-21(12-5-2)18(23)16-8-6-7-15(13-16)17(22)20-10-9-14(3)19;/h6-8,13-14H,4-5,9-12,19H2,1-3H3,(H,20,22);1H. The first-order chi connectivity index (χ1) is 11.0. The van der Waals surface area contributed by atoms with Gasteiger partial charge in [-0.2, -0.15) is 0 Å². The highest BCUT2D eigenvalue weighted by Gasteiger charge is 2.16. The molecular weight excluding hydrogens is 326 g/mol. The summed E-state index contributed by atoms with van der Waals surface area (Å²) in [4.78, 5) is 26.6. The van der Waals surface area contributed by atoms with Crippen molar-refractivity contribution in [2.45, 2.75) is 46.1 Å². The summed E-state index contributed by atoms with van der Waals surface area (Å²) in [5.74, 6) is -0.184. The van der Waals surface area contributed by atoms with Crippen molar-refractivity contribution < 1.29 is 9.59 Å². The van der Waals surface area contributed by atoms with E-state index < -0.39 is 0 Å². The third-order valence-electron chi connectivity index (χ3n) is 3.53. The van der Waals surface area contributed by atoms with Crippen LogP contribution in [-0.2, 0) is 0 Å². The Balaban J connectivity index is 0.00000529. The molecule has 1 aromatic rings. The van der Waals surface area contributed by atoms with Gasteiger partial charge >= 0.3 is 0 Å². The number of carbonyl (C=O) groups is 2. The molecule has 1 aromatic carbocycles. The molecule has 0 fully saturated rings. The van der Waals surface area contributed by atoms with Crippen LogP contribution in [0, 0.1) is 0 Å². The predicted molar refractivity (Wildman–Crippen MR) is 101 cm³/mol. The van der Waals surface area contributed by atoms with Gasteiger partial charge in [-0.25, -0.2) is 0 Å². The van der Waals surface area contributed by atoms with E-state index in [1.807, 2.05) is 11.8 Å². The molecule has 0 radical (unpaired) electrons. The van der Waals surface area contributed by atoms with Crippen LogP contribution in [-0.4, -0.2) is 42.4 Å². The first-order valence-electron chi connectivity index (χ1n) is 8.42. The number of nitrogens with zero attached hydrogens (tertiary/aromatic N) is 1. The van der Waals surface area contributed by atoms with Crippen LogP contribution in [0.2, 0.25) is 0 Å². The van der Waals surface area contributed by atoms with Gasteiger partial charge in [0.25, 0.3) is 11.8 Å². The maximum atomic E-state index is 12.6. The molecule has 0 aliphatic carbocycles. The van der Waals surface area contributed by atoms with Gasteiger partial charge in [-0.05, 0) is 44.4 Å². The number of nitrogens with one attached hydrogen (secondary N) is 1. The van der Waals surface area contributed by atoms with E-state index in [-0.39, 0.29) is 30.3 Å². The number of nitrogens with two attached hydrogens (primary N) is 1. The van der Waals surface area contributed by atoms with E-state index in [1.165, 1.54) is 0 Å². The van der Waals surface area contributed by atoms with Gasteiger partial charge in [0, 0.05) is 36.8 Å². The summed E-state index contributed by atoms with van der Waals surface area (Å²) in [5.41, 5.74) is 6.74. The van der Waals surface area contributed by atoms with Crippen molar-refractivity contribution in [3.8, 4) is 0 Å². The molecule has 1 atom stereocenters. The van der Waals surface area contributed by atoms with Gasteiger partial charge in [-0.1, -0.05) is 19.9 Å². The fourth-order valence-corrected chi connectivity index (χ4v) is 2.35. The van der Waals surface area contributed by atoms with Crippen LogP contribution in [0.5, 0.6) is 0 Å². The van der Waals surface area contributed by atoms with Gasteiger partial charge in [0.15, 0.2) is 0 Å². The lowest BCUT2D eigenvalue weighted by Gasteiger charge is -2.21. The highest BCUT2D eigenvalue weighted by Crippen LogP contribution is 2.10. The first-order valence-corrected chi connectivity index (χ1v) is 8.42. The van der Waals surface area contributed by atoms with Crippen LogP contribution in [0.15, 0.2) is 24.3 Å². The molecule has 0 heterocycles. The molecule has 0 aromatic heterocycles. The van der Waals surface area contributed by atoms with E-state index in [0.29, 0.717) is 17.7 Å². The Morgan fingerprint density at radius 1 is 1.17 bits per heavy atom. The number of rotatable bonds is 9. The quantitative estimate of drug-likeness (QED) is 0.715. The molecule has 6 heteroatoms. The average Bonchev–Trinajstić information content (AvgIpc) is 2.53. The molecule has 0 saturated carbocycles. The molecule has 1 unspecified atom stereocenters. The molecule has 24 heavy (non-hydrogen) atoms. The van der Waals surface area contributed by atoms with Gasteiger partial charge in [-0.3, -0.25) is 9.59 Å². The average molecular weight is 356 g/mol. The van der Waals surface area contributed by atoms with Crippen molar-refractivity contribution >= 4 is 24.2 Å². The van der Waals surface area contributed by atoms with E-state index >= 15 is 0 Å². The number of hydrogen-bond donors (Lipinski definition) is 2. The van der Waals surface area contributed by atoms with Crippen LogP contribution < -0.4 is 11.1 Å². The van der Waals surface area contributed by atoms with Gasteiger partial charge in [0.05, 0.1) is 0 Å². The minimum Gasteiger partial charge on any atom is -0.352 e. The topological polar surface area (TPSA) is 75.4 Å². The highest BCUT2D eigenvalue weighted by atomic mass is 35.5. The van der Waals surface area contributed by atoms with Crippen molar-refractivity contribution in [2.24, 2.45) is 5.73 Å². The number of amides is 2. The van der Waals surface area contributed by atoms with Crippen molar-refractivity contribution in [1.82, 2.24) is 10.2 Å². The van der Waals surface area contributed by atoms with E-state index in [1.54, 1.807) is 24.3 Å². The molecule has 136 valence electrons. The van der Waals surface area contributed by atoms with E-state index in [4.69, 9.17) is 5.73 Å². The Morgan fingerprint density at radius 3 is 2.29 bits per heavy atom. The molecule has 2 amide bonds. The summed E-state index contributed by atoms with van der Waals surface area (Å²) in [6, 6.07) is 6.97. The van der Waals surface area contributed by atoms with Crippen LogP contribution >= 0.6 is 12.4 Å². The van der Waals surface area contributed by atoms with E-state index in [2.05, 4.69) is 19.2 Å². The second-order valence-corrected chi connectivity index (χ2v) is 5.89. The maximum absolute atomic E-state index is 12.6. The van der Waals surface area contributed by atoms with Crippen LogP contribution in [0.25, 0.3) is 0 Å². The summed E-state index contributed by atoms with van der Waals surface area (Å²) >= 11 is 0. The lowest BCUT2D eigenvalue weighted by molar-refractivity contribution is 0.0755. The monoisotopic (exact) mass is 355 g/mol. The molecule has 0 aliphatic heterocycles. The predicted octanol–water partition coefficient (Wildman–Crippen LogP) is 2.84. The number of carbonyl (C=O) groups excluding carboxylic acids is 2. The molecule has 5 nitrogen and oxygen atoms in total. The third kappa shape index (κ3) is 7.32. The van der Waals surface area contributed by atoms with E-state index in [0.717, 1.165) is 32.4 Å². The van der Waals surface area contributed by atoms with Gasteiger partial charge in [-0.15, -0.1) is 12.4 Å². The second kappa shape index (κ2) is 11.9. The van der Waals surface area contributed by atoms with Gasteiger partial charge in [0.1, 0.15) is 0 Å². The third-order valence-corrected chi connectivity index (χ3v) is 3.53. The summed E-state index contributed by atoms with van der Waals surface area (Å²) < 4.78 is 0. The number of benzene rings is 1. The van der Waals surface area contributed by atoms with Crippen LogP contribution in [0.1, 0.15) is 60.7 Å². The Labute approximate surface area is 151 Å². The molecule has 3 N–H and O–H groups in total. The number of halogens is 1. The largest absolute Gasteiger partial charge is 0.352 e. The molecular formula is C18H30ClN3O2. The van der Waals surface area contributed by atoms with Crippen molar-refractivity contribution in [1.29, 1.82) is 0 Å². The lowest BCUT2D eigenvalue weighted by atomic mass is 10.1. The molecule has 0 bridgehead atoms. The fraction of sp³-hybridized carbons (Fsp3) is 0.556. The SMILES string of the molecule is CCCN(CCC)C(=O)c1cccc(C(=O)NCCC(C)N)c1.Cl. The number of hydrogen-bond acceptors (Lipinski definition) is 3. The summed E-state index contributed by atoms with van der Waals surface area (Å²) in [6.07, 6.45) is 2.57. The van der Waals surface area contributed by atoms with Crippen LogP contribution in [0.3, 0.4) is 0 Å². The Kier molecular flexibility index (Phi) is 11.1. The first kappa shape index (κ1) is 22.4. The summed E-state index contributed by atoms with van der Waals surface area (Å²) in [7, 11) is 0. The van der Waals surface area contributed by atoms with Crippen molar-refractivity contribution in [3.05, 3.63) is 35.4 Å². The maximum Gasteiger partial charge on any atom is 0.253 e.